The summed E-state index contributed by atoms with van der Waals surface area (Å²) in [6.45, 7) is 10.9. The number of benzene rings is 1. The summed E-state index contributed by atoms with van der Waals surface area (Å²) in [6, 6.07) is 14.7. The molecule has 0 fully saturated rings. The van der Waals surface area contributed by atoms with Crippen molar-refractivity contribution in [3.05, 3.63) is 60.4 Å². The molecular weight excluding hydrogens is 346 g/mol. The molecule has 0 amide bonds. The second-order valence-corrected chi connectivity index (χ2v) is 8.10. The zero-order valence-corrected chi connectivity index (χ0v) is 17.3. The molecule has 1 aromatic carbocycles. The Bertz CT molecular complexity index is 899. The topological polar surface area (TPSA) is 62.7 Å². The van der Waals surface area contributed by atoms with E-state index in [1.54, 1.807) is 12.4 Å². The fraction of sp³-hybridized carbons (Fsp3) is 0.348. The van der Waals surface area contributed by atoms with Crippen LogP contribution in [0.2, 0.25) is 0 Å². The van der Waals surface area contributed by atoms with Gasteiger partial charge in [-0.1, -0.05) is 39.8 Å². The van der Waals surface area contributed by atoms with E-state index in [0.29, 0.717) is 12.0 Å². The fourth-order valence-corrected chi connectivity index (χ4v) is 2.77. The third kappa shape index (κ3) is 5.06. The maximum Gasteiger partial charge on any atom is 0.225 e. The maximum absolute atomic E-state index is 4.69. The average Bonchev–Trinajstić information content (AvgIpc) is 2.68. The Morgan fingerprint density at radius 1 is 0.964 bits per heavy atom. The lowest BCUT2D eigenvalue weighted by atomic mass is 9.87. The van der Waals surface area contributed by atoms with Crippen LogP contribution in [0.25, 0.3) is 11.3 Å². The molecular formula is C23H29N5. The first-order valence-corrected chi connectivity index (χ1v) is 9.78. The number of hydrogen-bond donors (Lipinski definition) is 2. The van der Waals surface area contributed by atoms with Crippen molar-refractivity contribution < 1.29 is 0 Å². The van der Waals surface area contributed by atoms with Crippen molar-refractivity contribution in [2.75, 3.05) is 10.6 Å². The molecule has 0 spiro atoms. The van der Waals surface area contributed by atoms with Gasteiger partial charge < -0.3 is 10.6 Å². The standard InChI is InChI=1S/C23H29N5/c1-6-16(2)25-22-27-20(17-11-13-24-14-12-17)15-21(28-22)26-19-9-7-18(8-10-19)23(3,4)5/h7-16H,6H2,1-5H3,(H2,25,26,27,28)/t16-/m0/s1. The summed E-state index contributed by atoms with van der Waals surface area (Å²) in [5.41, 5.74) is 4.31. The van der Waals surface area contributed by atoms with Gasteiger partial charge in [-0.25, -0.2) is 4.98 Å². The molecule has 2 heterocycles. The molecule has 146 valence electrons. The molecule has 28 heavy (non-hydrogen) atoms. The van der Waals surface area contributed by atoms with Gasteiger partial charge in [0.05, 0.1) is 5.69 Å². The minimum Gasteiger partial charge on any atom is -0.352 e. The monoisotopic (exact) mass is 375 g/mol. The summed E-state index contributed by atoms with van der Waals surface area (Å²) in [6.07, 6.45) is 4.55. The number of nitrogens with one attached hydrogen (secondary N) is 2. The van der Waals surface area contributed by atoms with Gasteiger partial charge in [-0.3, -0.25) is 4.98 Å². The summed E-state index contributed by atoms with van der Waals surface area (Å²) in [7, 11) is 0. The molecule has 2 N–H and O–H groups in total. The van der Waals surface area contributed by atoms with E-state index >= 15 is 0 Å². The maximum atomic E-state index is 4.69. The van der Waals surface area contributed by atoms with E-state index in [-0.39, 0.29) is 5.41 Å². The van der Waals surface area contributed by atoms with E-state index < -0.39 is 0 Å². The predicted octanol–water partition coefficient (Wildman–Crippen LogP) is 5.79. The lowest BCUT2D eigenvalue weighted by Crippen LogP contribution is -2.16. The molecule has 0 radical (unpaired) electrons. The van der Waals surface area contributed by atoms with Gasteiger partial charge in [0.1, 0.15) is 5.82 Å². The Balaban J connectivity index is 1.91. The molecule has 0 bridgehead atoms. The van der Waals surface area contributed by atoms with Gasteiger partial charge in [-0.05, 0) is 48.6 Å². The molecule has 1 atom stereocenters. The van der Waals surface area contributed by atoms with Gasteiger partial charge in [0.25, 0.3) is 0 Å². The first-order chi connectivity index (χ1) is 13.3. The minimum atomic E-state index is 0.134. The zero-order valence-electron chi connectivity index (χ0n) is 17.3. The Hall–Kier alpha value is -2.95. The Morgan fingerprint density at radius 2 is 1.64 bits per heavy atom. The molecule has 3 rings (SSSR count). The number of rotatable bonds is 6. The van der Waals surface area contributed by atoms with Crippen LogP contribution >= 0.6 is 0 Å². The number of pyridine rings is 1. The first kappa shape index (κ1) is 19.8. The Labute approximate surface area is 167 Å². The highest BCUT2D eigenvalue weighted by molar-refractivity contribution is 5.67. The van der Waals surface area contributed by atoms with Crippen molar-refractivity contribution >= 4 is 17.5 Å². The molecule has 0 saturated heterocycles. The van der Waals surface area contributed by atoms with Crippen LogP contribution in [0.4, 0.5) is 17.5 Å². The third-order valence-electron chi connectivity index (χ3n) is 4.71. The highest BCUT2D eigenvalue weighted by Crippen LogP contribution is 2.26. The van der Waals surface area contributed by atoms with Crippen LogP contribution in [-0.2, 0) is 5.41 Å². The predicted molar refractivity (Wildman–Crippen MR) is 117 cm³/mol. The summed E-state index contributed by atoms with van der Waals surface area (Å²) >= 11 is 0. The van der Waals surface area contributed by atoms with Crippen LogP contribution in [0.5, 0.6) is 0 Å². The fourth-order valence-electron chi connectivity index (χ4n) is 2.77. The Morgan fingerprint density at radius 3 is 2.25 bits per heavy atom. The Kier molecular flexibility index (Phi) is 5.93. The third-order valence-corrected chi connectivity index (χ3v) is 4.71. The van der Waals surface area contributed by atoms with Gasteiger partial charge in [0.15, 0.2) is 0 Å². The smallest absolute Gasteiger partial charge is 0.225 e. The van der Waals surface area contributed by atoms with Gasteiger partial charge in [0, 0.05) is 35.8 Å². The molecule has 0 aliphatic heterocycles. The zero-order chi connectivity index (χ0) is 20.1. The quantitative estimate of drug-likeness (QED) is 0.571. The van der Waals surface area contributed by atoms with Crippen LogP contribution in [0.1, 0.15) is 46.6 Å². The lowest BCUT2D eigenvalue weighted by Gasteiger charge is -2.19. The summed E-state index contributed by atoms with van der Waals surface area (Å²) < 4.78 is 0. The van der Waals surface area contributed by atoms with Crippen molar-refractivity contribution in [2.24, 2.45) is 0 Å². The van der Waals surface area contributed by atoms with Gasteiger partial charge in [-0.15, -0.1) is 0 Å². The van der Waals surface area contributed by atoms with E-state index in [9.17, 15) is 0 Å². The molecule has 0 unspecified atom stereocenters. The molecule has 5 heteroatoms. The van der Waals surface area contributed by atoms with E-state index in [4.69, 9.17) is 0 Å². The minimum absolute atomic E-state index is 0.134. The number of nitrogens with zero attached hydrogens (tertiary/aromatic N) is 3. The largest absolute Gasteiger partial charge is 0.352 e. The van der Waals surface area contributed by atoms with Gasteiger partial charge in [0.2, 0.25) is 5.95 Å². The van der Waals surface area contributed by atoms with Gasteiger partial charge >= 0.3 is 0 Å². The molecule has 3 aromatic rings. The normalized spacial score (nSPS) is 12.5. The van der Waals surface area contributed by atoms with Crippen LogP contribution in [0.3, 0.4) is 0 Å². The highest BCUT2D eigenvalue weighted by atomic mass is 15.2. The van der Waals surface area contributed by atoms with Gasteiger partial charge in [-0.2, -0.15) is 4.98 Å². The van der Waals surface area contributed by atoms with E-state index in [2.05, 4.69) is 84.5 Å². The second kappa shape index (κ2) is 8.38. The molecule has 2 aromatic heterocycles. The average molecular weight is 376 g/mol. The number of aromatic nitrogens is 3. The molecule has 5 nitrogen and oxygen atoms in total. The van der Waals surface area contributed by atoms with E-state index in [1.165, 1.54) is 5.56 Å². The lowest BCUT2D eigenvalue weighted by molar-refractivity contribution is 0.590. The van der Waals surface area contributed by atoms with Crippen molar-refractivity contribution in [3.63, 3.8) is 0 Å². The highest BCUT2D eigenvalue weighted by Gasteiger charge is 2.13. The van der Waals surface area contributed by atoms with Crippen molar-refractivity contribution in [1.82, 2.24) is 15.0 Å². The van der Waals surface area contributed by atoms with Crippen LogP contribution in [-0.4, -0.2) is 21.0 Å². The summed E-state index contributed by atoms with van der Waals surface area (Å²) in [5, 5.41) is 6.80. The van der Waals surface area contributed by atoms with Crippen LogP contribution < -0.4 is 10.6 Å². The van der Waals surface area contributed by atoms with Crippen molar-refractivity contribution in [3.8, 4) is 11.3 Å². The number of hydrogen-bond acceptors (Lipinski definition) is 5. The van der Waals surface area contributed by atoms with E-state index in [1.807, 2.05) is 18.2 Å². The summed E-state index contributed by atoms with van der Waals surface area (Å²) in [5.74, 6) is 1.38. The second-order valence-electron chi connectivity index (χ2n) is 8.10. The summed E-state index contributed by atoms with van der Waals surface area (Å²) in [4.78, 5) is 13.5. The first-order valence-electron chi connectivity index (χ1n) is 9.78. The van der Waals surface area contributed by atoms with Crippen LogP contribution in [0.15, 0.2) is 54.9 Å². The van der Waals surface area contributed by atoms with E-state index in [0.717, 1.165) is 29.2 Å². The molecule has 0 saturated carbocycles. The molecule has 0 aliphatic rings. The van der Waals surface area contributed by atoms with Crippen molar-refractivity contribution in [2.45, 2.75) is 52.5 Å². The molecule has 0 aliphatic carbocycles. The number of anilines is 3. The SMILES string of the molecule is CC[C@H](C)Nc1nc(Nc2ccc(C(C)(C)C)cc2)cc(-c2ccncc2)n1. The van der Waals surface area contributed by atoms with Crippen LogP contribution in [0, 0.1) is 0 Å². The van der Waals surface area contributed by atoms with Crippen molar-refractivity contribution in [1.29, 1.82) is 0 Å².